The molecule has 8 heteroatoms. The van der Waals surface area contributed by atoms with Gasteiger partial charge in [-0.1, -0.05) is 6.92 Å². The molecule has 1 saturated heterocycles. The van der Waals surface area contributed by atoms with E-state index in [9.17, 15) is 9.90 Å². The molecule has 0 spiro atoms. The van der Waals surface area contributed by atoms with E-state index in [1.807, 2.05) is 26.8 Å². The fourth-order valence-electron chi connectivity index (χ4n) is 3.96. The zero-order valence-electron chi connectivity index (χ0n) is 18.7. The molecule has 0 aliphatic carbocycles. The first-order valence-corrected chi connectivity index (χ1v) is 10.8. The molecule has 2 N–H and O–H groups in total. The van der Waals surface area contributed by atoms with E-state index in [1.165, 1.54) is 0 Å². The van der Waals surface area contributed by atoms with Crippen LogP contribution < -0.4 is 10.1 Å². The number of aromatic nitrogens is 2. The van der Waals surface area contributed by atoms with E-state index in [-0.39, 0.29) is 23.7 Å². The smallest absolute Gasteiger partial charge is 0.309 e. The Bertz CT molecular complexity index is 905. The fourth-order valence-corrected chi connectivity index (χ4v) is 3.96. The Morgan fingerprint density at radius 3 is 2.84 bits per heavy atom. The Labute approximate surface area is 183 Å². The van der Waals surface area contributed by atoms with E-state index in [0.29, 0.717) is 36.0 Å². The first kappa shape index (κ1) is 22.8. The number of piperidine rings is 1. The number of nitrogens with one attached hydrogen (secondary N) is 1. The van der Waals surface area contributed by atoms with Gasteiger partial charge in [-0.15, -0.1) is 10.2 Å². The molecule has 1 aliphatic heterocycles. The highest BCUT2D eigenvalue weighted by atomic mass is 16.5. The van der Waals surface area contributed by atoms with Crippen molar-refractivity contribution >= 4 is 11.8 Å². The van der Waals surface area contributed by atoms with Crippen molar-refractivity contribution in [1.29, 1.82) is 0 Å². The van der Waals surface area contributed by atoms with Crippen LogP contribution in [-0.2, 0) is 9.53 Å². The van der Waals surface area contributed by atoms with Crippen molar-refractivity contribution in [2.45, 2.75) is 39.7 Å². The lowest BCUT2D eigenvalue weighted by atomic mass is 10.0. The molecule has 2 heterocycles. The van der Waals surface area contributed by atoms with Crippen molar-refractivity contribution in [3.63, 3.8) is 0 Å². The summed E-state index contributed by atoms with van der Waals surface area (Å²) in [5.41, 5.74) is 2.18. The predicted octanol–water partition coefficient (Wildman–Crippen LogP) is 3.24. The van der Waals surface area contributed by atoms with Crippen LogP contribution in [0.5, 0.6) is 11.5 Å². The molecule has 1 unspecified atom stereocenters. The molecule has 2 aromatic rings. The van der Waals surface area contributed by atoms with Gasteiger partial charge in [0, 0.05) is 30.8 Å². The summed E-state index contributed by atoms with van der Waals surface area (Å²) in [6, 6.07) is 7.32. The molecule has 0 radical (unpaired) electrons. The zero-order valence-corrected chi connectivity index (χ0v) is 18.7. The first-order chi connectivity index (χ1) is 14.9. The van der Waals surface area contributed by atoms with Gasteiger partial charge in [-0.05, 0) is 57.0 Å². The van der Waals surface area contributed by atoms with Crippen molar-refractivity contribution in [2.75, 3.05) is 38.7 Å². The largest absolute Gasteiger partial charge is 0.507 e. The second-order valence-corrected chi connectivity index (χ2v) is 8.04. The molecular weight excluding hydrogens is 396 g/mol. The molecule has 3 rings (SSSR count). The molecule has 0 amide bonds. The van der Waals surface area contributed by atoms with E-state index in [0.717, 1.165) is 31.5 Å². The number of likely N-dealkylation sites (tertiary alicyclic amines) is 1. The molecule has 2 atom stereocenters. The van der Waals surface area contributed by atoms with Gasteiger partial charge >= 0.3 is 5.97 Å². The Balaban J connectivity index is 1.64. The number of aryl methyl sites for hydroxylation is 1. The minimum atomic E-state index is -0.142. The number of anilines is 1. The number of nitrogens with zero attached hydrogens (tertiary/aromatic N) is 3. The van der Waals surface area contributed by atoms with Crippen molar-refractivity contribution in [2.24, 2.45) is 5.92 Å². The lowest BCUT2D eigenvalue weighted by Gasteiger charge is -2.34. The second-order valence-electron chi connectivity index (χ2n) is 8.04. The van der Waals surface area contributed by atoms with Crippen LogP contribution in [0.3, 0.4) is 0 Å². The first-order valence-electron chi connectivity index (χ1n) is 10.8. The van der Waals surface area contributed by atoms with Crippen LogP contribution in [0.2, 0.25) is 0 Å². The van der Waals surface area contributed by atoms with E-state index < -0.39 is 0 Å². The standard InChI is InChI=1S/C23H32N4O4/c1-5-31-23(29)16(3)13-27-10-6-7-17(14-27)24-21-11-15(2)22(26-25-21)19-9-8-18(30-4)12-20(19)28/h8-9,11-12,16-17,28H,5-7,10,13-14H2,1-4H3,(H,24,25)/t16?,17-/m1/s1. The summed E-state index contributed by atoms with van der Waals surface area (Å²) in [6.45, 7) is 8.61. The average Bonchev–Trinajstić information content (AvgIpc) is 2.74. The van der Waals surface area contributed by atoms with Crippen LogP contribution in [0.25, 0.3) is 11.3 Å². The van der Waals surface area contributed by atoms with E-state index in [2.05, 4.69) is 20.4 Å². The van der Waals surface area contributed by atoms with Gasteiger partial charge in [0.1, 0.15) is 17.3 Å². The number of phenolic OH excluding ortho intramolecular Hbond substituents is 1. The maximum absolute atomic E-state index is 11.9. The van der Waals surface area contributed by atoms with Gasteiger partial charge in [0.25, 0.3) is 0 Å². The van der Waals surface area contributed by atoms with Gasteiger partial charge in [-0.25, -0.2) is 0 Å². The molecule has 1 aromatic heterocycles. The van der Waals surface area contributed by atoms with Gasteiger partial charge in [-0.3, -0.25) is 4.79 Å². The van der Waals surface area contributed by atoms with Gasteiger partial charge < -0.3 is 24.8 Å². The predicted molar refractivity (Wildman–Crippen MR) is 119 cm³/mol. The van der Waals surface area contributed by atoms with Gasteiger partial charge in [0.15, 0.2) is 0 Å². The number of carbonyl (C=O) groups is 1. The van der Waals surface area contributed by atoms with Crippen molar-refractivity contribution in [3.05, 3.63) is 29.8 Å². The molecule has 168 valence electrons. The highest BCUT2D eigenvalue weighted by Gasteiger charge is 2.24. The van der Waals surface area contributed by atoms with E-state index >= 15 is 0 Å². The van der Waals surface area contributed by atoms with E-state index in [1.54, 1.807) is 25.3 Å². The zero-order chi connectivity index (χ0) is 22.4. The molecule has 1 aromatic carbocycles. The molecule has 8 nitrogen and oxygen atoms in total. The third-order valence-corrected chi connectivity index (χ3v) is 5.52. The Morgan fingerprint density at radius 2 is 2.16 bits per heavy atom. The maximum Gasteiger partial charge on any atom is 0.309 e. The van der Waals surface area contributed by atoms with Crippen LogP contribution in [0.1, 0.15) is 32.3 Å². The summed E-state index contributed by atoms with van der Waals surface area (Å²) in [6.07, 6.45) is 2.09. The summed E-state index contributed by atoms with van der Waals surface area (Å²) in [5, 5.41) is 22.5. The third kappa shape index (κ3) is 5.85. The number of ether oxygens (including phenoxy) is 2. The minimum Gasteiger partial charge on any atom is -0.507 e. The Hall–Kier alpha value is -2.87. The molecule has 1 fully saturated rings. The van der Waals surface area contributed by atoms with Crippen molar-refractivity contribution in [1.82, 2.24) is 15.1 Å². The fraction of sp³-hybridized carbons (Fsp3) is 0.522. The summed E-state index contributed by atoms with van der Waals surface area (Å²) in [7, 11) is 1.56. The molecule has 31 heavy (non-hydrogen) atoms. The second kappa shape index (κ2) is 10.4. The Kier molecular flexibility index (Phi) is 7.68. The van der Waals surface area contributed by atoms with Gasteiger partial charge in [-0.2, -0.15) is 0 Å². The number of rotatable bonds is 8. The Morgan fingerprint density at radius 1 is 1.35 bits per heavy atom. The summed E-state index contributed by atoms with van der Waals surface area (Å²) < 4.78 is 10.3. The molecule has 0 bridgehead atoms. The monoisotopic (exact) mass is 428 g/mol. The topological polar surface area (TPSA) is 96.8 Å². The minimum absolute atomic E-state index is 0.108. The SMILES string of the molecule is CCOC(=O)C(C)CN1CCC[C@@H](Nc2cc(C)c(-c3ccc(OC)cc3O)nn2)C1. The summed E-state index contributed by atoms with van der Waals surface area (Å²) >= 11 is 0. The average molecular weight is 429 g/mol. The summed E-state index contributed by atoms with van der Waals surface area (Å²) in [4.78, 5) is 14.2. The lowest BCUT2D eigenvalue weighted by molar-refractivity contribution is -0.148. The number of phenols is 1. The highest BCUT2D eigenvalue weighted by molar-refractivity contribution is 5.72. The number of esters is 1. The maximum atomic E-state index is 11.9. The quantitative estimate of drug-likeness (QED) is 0.619. The van der Waals surface area contributed by atoms with Gasteiger partial charge in [0.05, 0.1) is 25.3 Å². The number of aromatic hydroxyl groups is 1. The normalized spacial score (nSPS) is 17.7. The van der Waals surface area contributed by atoms with Crippen LogP contribution in [0, 0.1) is 12.8 Å². The summed E-state index contributed by atoms with van der Waals surface area (Å²) in [5.74, 6) is 1.12. The third-order valence-electron chi connectivity index (χ3n) is 5.52. The number of carbonyl (C=O) groups excluding carboxylic acids is 1. The van der Waals surface area contributed by atoms with Crippen molar-refractivity contribution < 1.29 is 19.4 Å². The number of hydrogen-bond donors (Lipinski definition) is 2. The molecule has 0 saturated carbocycles. The van der Waals surface area contributed by atoms with Crippen LogP contribution >= 0.6 is 0 Å². The van der Waals surface area contributed by atoms with Gasteiger partial charge in [0.2, 0.25) is 0 Å². The number of hydrogen-bond acceptors (Lipinski definition) is 8. The molecular formula is C23H32N4O4. The van der Waals surface area contributed by atoms with E-state index in [4.69, 9.17) is 9.47 Å². The van der Waals surface area contributed by atoms with Crippen LogP contribution in [-0.4, -0.2) is 65.6 Å². The number of benzene rings is 1. The number of methoxy groups -OCH3 is 1. The highest BCUT2D eigenvalue weighted by Crippen LogP contribution is 2.33. The van der Waals surface area contributed by atoms with Crippen LogP contribution in [0.4, 0.5) is 5.82 Å². The van der Waals surface area contributed by atoms with Crippen LogP contribution in [0.15, 0.2) is 24.3 Å². The lowest BCUT2D eigenvalue weighted by Crippen LogP contribution is -2.45. The molecule has 1 aliphatic rings. The van der Waals surface area contributed by atoms with Crippen molar-refractivity contribution in [3.8, 4) is 22.8 Å².